The van der Waals surface area contributed by atoms with Crippen molar-refractivity contribution in [3.05, 3.63) is 152 Å². The van der Waals surface area contributed by atoms with E-state index in [4.69, 9.17) is 0 Å². The first-order chi connectivity index (χ1) is 17.2. The second kappa shape index (κ2) is 12.0. The third kappa shape index (κ3) is 5.07. The first kappa shape index (κ1) is 27.7. The Morgan fingerprint density at radius 3 is 1.59 bits per heavy atom. The van der Waals surface area contributed by atoms with Gasteiger partial charge in [-0.15, -0.1) is 0 Å². The van der Waals surface area contributed by atoms with E-state index in [1.165, 1.54) is 33.4 Å². The number of hydrogen-bond acceptors (Lipinski definition) is 0. The number of benzene rings is 4. The summed E-state index contributed by atoms with van der Waals surface area (Å²) < 4.78 is 3.87. The van der Waals surface area contributed by atoms with Gasteiger partial charge in [-0.05, 0) is 0 Å². The minimum Gasteiger partial charge on any atom is -1.00 e. The van der Waals surface area contributed by atoms with Crippen molar-refractivity contribution in [3.8, 4) is 11.1 Å². The fourth-order valence-electron chi connectivity index (χ4n) is 5.95. The van der Waals surface area contributed by atoms with Gasteiger partial charge in [0.15, 0.2) is 0 Å². The number of allylic oxidation sites excluding steroid dienone is 4. The van der Waals surface area contributed by atoms with E-state index in [-0.39, 0.29) is 24.8 Å². The Labute approximate surface area is 241 Å². The van der Waals surface area contributed by atoms with Crippen LogP contribution in [-0.2, 0) is 21.3 Å². The molecule has 0 aromatic heterocycles. The number of hydrogen-bond donors (Lipinski definition) is 0. The Balaban J connectivity index is 0.00000160. The molecule has 37 heavy (non-hydrogen) atoms. The van der Waals surface area contributed by atoms with Crippen LogP contribution >= 0.6 is 0 Å². The molecule has 184 valence electrons. The van der Waals surface area contributed by atoms with Crippen LogP contribution in [0.2, 0.25) is 0 Å². The Bertz CT molecular complexity index is 1390. The average Bonchev–Trinajstić information content (AvgIpc) is 3.52. The van der Waals surface area contributed by atoms with Gasteiger partial charge in [-0.25, -0.2) is 0 Å². The molecular formula is C34H30Cl2Zr. The predicted octanol–water partition coefficient (Wildman–Crippen LogP) is 2.52. The van der Waals surface area contributed by atoms with Crippen molar-refractivity contribution in [1.29, 1.82) is 0 Å². The van der Waals surface area contributed by atoms with E-state index in [0.717, 1.165) is 6.42 Å². The molecule has 0 aliphatic heterocycles. The van der Waals surface area contributed by atoms with E-state index in [0.29, 0.717) is 9.54 Å². The standard InChI is InChI=1S/C13H9.C13H10.C8H11.2ClH.Zr/c1-3-7-12-10(5-1)9-11-6-2-4-8-13(11)12;1-3-7-12(8-4-1)11-13-9-5-2-6-10-13;1-7(2)8-5-3-4-6-8;;;/h1-9H;1-10H;3,5,7H,4H2,1-2H3;2*1H;/q;;;;;+2/p-2. The van der Waals surface area contributed by atoms with E-state index in [9.17, 15) is 0 Å². The van der Waals surface area contributed by atoms with Crippen molar-refractivity contribution in [2.75, 3.05) is 0 Å². The maximum absolute atomic E-state index is 2.60. The molecule has 0 saturated heterocycles. The van der Waals surface area contributed by atoms with Crippen molar-refractivity contribution < 1.29 is 46.1 Å². The summed E-state index contributed by atoms with van der Waals surface area (Å²) >= 11 is -2.60. The molecule has 0 N–H and O–H groups in total. The van der Waals surface area contributed by atoms with Crippen LogP contribution in [0.4, 0.5) is 0 Å². The minimum absolute atomic E-state index is 0. The van der Waals surface area contributed by atoms with E-state index in [1.807, 2.05) is 0 Å². The van der Waals surface area contributed by atoms with Gasteiger partial charge in [0.1, 0.15) is 0 Å². The molecule has 0 fully saturated rings. The SMILES string of the molecule is CC(C)C1=[C]([Zr+2](=[C](c2ccccc2)c2ccccc2)[CH]2c3ccccc3-c3ccccc32)CC=C1.[Cl-].[Cl-]. The van der Waals surface area contributed by atoms with Crippen LogP contribution in [0.25, 0.3) is 11.1 Å². The first-order valence-electron chi connectivity index (χ1n) is 12.7. The van der Waals surface area contributed by atoms with Crippen LogP contribution < -0.4 is 24.8 Å². The molecule has 0 spiro atoms. The zero-order valence-electron chi connectivity index (χ0n) is 21.2. The molecule has 6 rings (SSSR count). The molecule has 2 aliphatic rings. The van der Waals surface area contributed by atoms with Crippen molar-refractivity contribution in [2.45, 2.75) is 23.9 Å². The Morgan fingerprint density at radius 1 is 0.649 bits per heavy atom. The smallest absolute Gasteiger partial charge is 1.00 e. The first-order valence-corrected chi connectivity index (χ1v) is 16.5. The van der Waals surface area contributed by atoms with E-state index < -0.39 is 21.3 Å². The van der Waals surface area contributed by atoms with Crippen molar-refractivity contribution in [1.82, 2.24) is 0 Å². The molecule has 0 nitrogen and oxygen atoms in total. The largest absolute Gasteiger partial charge is 1.00 e. The van der Waals surface area contributed by atoms with Gasteiger partial charge in [-0.2, -0.15) is 0 Å². The van der Waals surface area contributed by atoms with Crippen molar-refractivity contribution in [2.24, 2.45) is 5.92 Å². The van der Waals surface area contributed by atoms with Gasteiger partial charge in [0, 0.05) is 0 Å². The zero-order chi connectivity index (χ0) is 23.8. The van der Waals surface area contributed by atoms with Crippen LogP contribution in [0, 0.1) is 5.92 Å². The molecule has 4 aromatic carbocycles. The fraction of sp³-hybridized carbons (Fsp3) is 0.147. The van der Waals surface area contributed by atoms with Crippen LogP contribution in [0.5, 0.6) is 0 Å². The summed E-state index contributed by atoms with van der Waals surface area (Å²) in [5, 5.41) is 0. The molecule has 0 atom stereocenters. The average molecular weight is 601 g/mol. The topological polar surface area (TPSA) is 0 Å². The molecule has 0 heterocycles. The maximum Gasteiger partial charge on any atom is -1.00 e. The molecular weight excluding hydrogens is 571 g/mol. The number of rotatable bonds is 5. The monoisotopic (exact) mass is 598 g/mol. The number of fused-ring (bicyclic) bond motifs is 3. The van der Waals surface area contributed by atoms with Gasteiger partial charge >= 0.3 is 218 Å². The minimum atomic E-state index is -2.60. The third-order valence-corrected chi connectivity index (χ3v) is 15.9. The van der Waals surface area contributed by atoms with Crippen LogP contribution in [0.1, 0.15) is 46.1 Å². The molecule has 2 aliphatic carbocycles. The molecule has 0 unspecified atom stereocenters. The Hall–Kier alpha value is -2.31. The van der Waals surface area contributed by atoms with Gasteiger partial charge < -0.3 is 24.8 Å². The fourth-order valence-corrected chi connectivity index (χ4v) is 15.9. The molecule has 0 amide bonds. The summed E-state index contributed by atoms with van der Waals surface area (Å²) in [5.41, 5.74) is 10.3. The summed E-state index contributed by atoms with van der Waals surface area (Å²) in [6.07, 6.45) is 5.96. The summed E-state index contributed by atoms with van der Waals surface area (Å²) in [4.78, 5) is 0. The molecule has 0 saturated carbocycles. The zero-order valence-corrected chi connectivity index (χ0v) is 25.1. The maximum atomic E-state index is 2.43. The van der Waals surface area contributed by atoms with Crippen molar-refractivity contribution >= 4 is 3.21 Å². The van der Waals surface area contributed by atoms with Crippen molar-refractivity contribution in [3.63, 3.8) is 0 Å². The summed E-state index contributed by atoms with van der Waals surface area (Å²) in [7, 11) is 0. The van der Waals surface area contributed by atoms with Gasteiger partial charge in [0.05, 0.1) is 0 Å². The molecule has 4 aromatic rings. The van der Waals surface area contributed by atoms with Gasteiger partial charge in [-0.1, -0.05) is 0 Å². The number of halogens is 2. The molecule has 3 heteroatoms. The van der Waals surface area contributed by atoms with Gasteiger partial charge in [-0.3, -0.25) is 0 Å². The summed E-state index contributed by atoms with van der Waals surface area (Å²) in [6, 6.07) is 40.9. The molecule has 0 radical (unpaired) electrons. The molecule has 0 bridgehead atoms. The summed E-state index contributed by atoms with van der Waals surface area (Å²) in [6.45, 7) is 4.74. The van der Waals surface area contributed by atoms with Crippen LogP contribution in [-0.4, -0.2) is 3.21 Å². The Kier molecular flexibility index (Phi) is 9.02. The van der Waals surface area contributed by atoms with Crippen LogP contribution in [0.15, 0.2) is 130 Å². The predicted molar refractivity (Wildman–Crippen MR) is 145 cm³/mol. The Morgan fingerprint density at radius 2 is 1.11 bits per heavy atom. The van der Waals surface area contributed by atoms with Gasteiger partial charge in [0.2, 0.25) is 0 Å². The van der Waals surface area contributed by atoms with E-state index >= 15 is 0 Å². The van der Waals surface area contributed by atoms with Crippen LogP contribution in [0.3, 0.4) is 0 Å². The quantitative estimate of drug-likeness (QED) is 0.331. The second-order valence-electron chi connectivity index (χ2n) is 9.82. The third-order valence-electron chi connectivity index (χ3n) is 7.43. The van der Waals surface area contributed by atoms with E-state index in [2.05, 4.69) is 135 Å². The van der Waals surface area contributed by atoms with E-state index in [1.54, 1.807) is 12.1 Å². The second-order valence-corrected chi connectivity index (χ2v) is 16.0. The summed E-state index contributed by atoms with van der Waals surface area (Å²) in [5.74, 6) is 0.541. The van der Waals surface area contributed by atoms with Gasteiger partial charge in [0.25, 0.3) is 0 Å². The normalized spacial score (nSPS) is 13.4.